The third-order valence-electron chi connectivity index (χ3n) is 4.36. The molecule has 23 heavy (non-hydrogen) atoms. The average molecular weight is 328 g/mol. The van der Waals surface area contributed by atoms with Crippen molar-refractivity contribution in [1.82, 2.24) is 4.90 Å². The van der Waals surface area contributed by atoms with Gasteiger partial charge in [0.1, 0.15) is 5.60 Å². The number of nitrogens with two attached hydrogens (primary N) is 1. The number of aliphatic carboxylic acids is 1. The van der Waals surface area contributed by atoms with Gasteiger partial charge in [-0.3, -0.25) is 4.79 Å². The second-order valence-electron chi connectivity index (χ2n) is 8.20. The molecule has 4 atom stereocenters. The number of ether oxygens (including phenoxy) is 1. The fourth-order valence-corrected chi connectivity index (χ4v) is 3.42. The molecule has 0 aromatic heterocycles. The van der Waals surface area contributed by atoms with Crippen LogP contribution in [-0.2, 0) is 9.53 Å². The highest BCUT2D eigenvalue weighted by atomic mass is 16.6. The van der Waals surface area contributed by atoms with Crippen molar-refractivity contribution in [2.75, 3.05) is 0 Å². The summed E-state index contributed by atoms with van der Waals surface area (Å²) in [6.45, 7) is 13.3. The Labute approximate surface area is 139 Å². The summed E-state index contributed by atoms with van der Waals surface area (Å²) < 4.78 is 5.55. The second kappa shape index (κ2) is 7.07. The Morgan fingerprint density at radius 1 is 1.17 bits per heavy atom. The number of carbonyl (C=O) groups is 2. The number of carboxylic acids is 1. The minimum absolute atomic E-state index is 0.0313. The van der Waals surface area contributed by atoms with E-state index in [-0.39, 0.29) is 17.9 Å². The number of hydrogen-bond donors (Lipinski definition) is 2. The zero-order chi connectivity index (χ0) is 18.1. The summed E-state index contributed by atoms with van der Waals surface area (Å²) in [6, 6.07) is -1.06. The van der Waals surface area contributed by atoms with Gasteiger partial charge in [0.05, 0.1) is 12.0 Å². The van der Waals surface area contributed by atoms with E-state index in [1.807, 2.05) is 48.5 Å². The van der Waals surface area contributed by atoms with Gasteiger partial charge in [0, 0.05) is 12.1 Å². The van der Waals surface area contributed by atoms with Gasteiger partial charge in [-0.15, -0.1) is 0 Å². The van der Waals surface area contributed by atoms with Gasteiger partial charge < -0.3 is 20.5 Å². The first kappa shape index (κ1) is 19.7. The van der Waals surface area contributed by atoms with Crippen LogP contribution in [0.25, 0.3) is 0 Å². The largest absolute Gasteiger partial charge is 0.481 e. The molecule has 3 N–H and O–H groups in total. The maximum Gasteiger partial charge on any atom is 0.410 e. The van der Waals surface area contributed by atoms with Crippen LogP contribution >= 0.6 is 0 Å². The third kappa shape index (κ3) is 4.59. The Kier molecular flexibility index (Phi) is 6.07. The summed E-state index contributed by atoms with van der Waals surface area (Å²) in [4.78, 5) is 26.2. The highest BCUT2D eigenvalue weighted by Gasteiger charge is 2.50. The van der Waals surface area contributed by atoms with Crippen molar-refractivity contribution in [3.63, 3.8) is 0 Å². The van der Waals surface area contributed by atoms with Crippen molar-refractivity contribution < 1.29 is 19.4 Å². The number of rotatable bonds is 3. The van der Waals surface area contributed by atoms with Crippen LogP contribution in [0, 0.1) is 17.8 Å². The van der Waals surface area contributed by atoms with Gasteiger partial charge in [-0.1, -0.05) is 27.7 Å². The number of nitrogens with zero attached hydrogens (tertiary/aromatic N) is 1. The van der Waals surface area contributed by atoms with Crippen molar-refractivity contribution in [2.24, 2.45) is 23.5 Å². The molecule has 1 saturated heterocycles. The van der Waals surface area contributed by atoms with Crippen LogP contribution in [0.2, 0.25) is 0 Å². The molecule has 1 rings (SSSR count). The Bertz CT molecular complexity index is 442. The van der Waals surface area contributed by atoms with E-state index >= 15 is 0 Å². The van der Waals surface area contributed by atoms with Gasteiger partial charge in [-0.2, -0.15) is 0 Å². The number of amides is 1. The van der Waals surface area contributed by atoms with Gasteiger partial charge in [-0.25, -0.2) is 4.79 Å². The minimum Gasteiger partial charge on any atom is -0.481 e. The molecular weight excluding hydrogens is 296 g/mol. The lowest BCUT2D eigenvalue weighted by Crippen LogP contribution is -2.65. The molecule has 134 valence electrons. The molecule has 0 bridgehead atoms. The molecule has 0 aliphatic carbocycles. The Morgan fingerprint density at radius 2 is 1.70 bits per heavy atom. The van der Waals surface area contributed by atoms with E-state index in [1.54, 1.807) is 4.90 Å². The van der Waals surface area contributed by atoms with Crippen LogP contribution in [0.3, 0.4) is 0 Å². The highest BCUT2D eigenvalue weighted by Crippen LogP contribution is 2.36. The highest BCUT2D eigenvalue weighted by molar-refractivity contribution is 5.75. The van der Waals surface area contributed by atoms with Crippen molar-refractivity contribution in [3.05, 3.63) is 0 Å². The minimum atomic E-state index is -0.952. The lowest BCUT2D eigenvalue weighted by molar-refractivity contribution is -0.149. The van der Waals surface area contributed by atoms with Crippen LogP contribution in [0.5, 0.6) is 0 Å². The predicted octanol–water partition coefficient (Wildman–Crippen LogP) is 2.70. The number of hydrogen-bond acceptors (Lipinski definition) is 4. The molecule has 1 heterocycles. The summed E-state index contributed by atoms with van der Waals surface area (Å²) in [5.74, 6) is -1.59. The second-order valence-corrected chi connectivity index (χ2v) is 8.20. The quantitative estimate of drug-likeness (QED) is 0.831. The Morgan fingerprint density at radius 3 is 2.04 bits per heavy atom. The van der Waals surface area contributed by atoms with Crippen LogP contribution in [0.4, 0.5) is 4.79 Å². The fourth-order valence-electron chi connectivity index (χ4n) is 3.42. The SMILES string of the molecule is CC(C)[C@H]1C(C(=O)O)C(N)C[C@@H](C(C)C)N1C(=O)OC(C)(C)C. The Balaban J connectivity index is 3.28. The van der Waals surface area contributed by atoms with Crippen molar-refractivity contribution in [2.45, 2.75) is 78.6 Å². The molecule has 0 spiro atoms. The number of piperidine rings is 1. The molecule has 1 aliphatic rings. The summed E-state index contributed by atoms with van der Waals surface area (Å²) in [6.07, 6.45) is 0.0185. The van der Waals surface area contributed by atoms with E-state index in [0.717, 1.165) is 0 Å². The molecule has 1 aliphatic heterocycles. The van der Waals surface area contributed by atoms with Crippen molar-refractivity contribution >= 4 is 12.1 Å². The van der Waals surface area contributed by atoms with Crippen LogP contribution in [0.1, 0.15) is 54.9 Å². The van der Waals surface area contributed by atoms with Crippen LogP contribution < -0.4 is 5.73 Å². The van der Waals surface area contributed by atoms with Gasteiger partial charge in [-0.05, 0) is 39.0 Å². The van der Waals surface area contributed by atoms with E-state index in [2.05, 4.69) is 0 Å². The Hall–Kier alpha value is -1.30. The zero-order valence-corrected chi connectivity index (χ0v) is 15.4. The lowest BCUT2D eigenvalue weighted by Gasteiger charge is -2.50. The predicted molar refractivity (Wildman–Crippen MR) is 89.0 cm³/mol. The first-order valence-electron chi connectivity index (χ1n) is 8.36. The first-order valence-corrected chi connectivity index (χ1v) is 8.36. The summed E-state index contributed by atoms with van der Waals surface area (Å²) in [5.41, 5.74) is 5.54. The van der Waals surface area contributed by atoms with Crippen molar-refractivity contribution in [3.8, 4) is 0 Å². The molecule has 0 radical (unpaired) electrons. The average Bonchev–Trinajstić information content (AvgIpc) is 2.33. The van der Waals surface area contributed by atoms with E-state index < -0.39 is 35.7 Å². The van der Waals surface area contributed by atoms with E-state index in [0.29, 0.717) is 6.42 Å². The fraction of sp³-hybridized carbons (Fsp3) is 0.882. The van der Waals surface area contributed by atoms with Gasteiger partial charge in [0.25, 0.3) is 0 Å². The topological polar surface area (TPSA) is 92.9 Å². The van der Waals surface area contributed by atoms with Crippen LogP contribution in [-0.4, -0.2) is 45.8 Å². The lowest BCUT2D eigenvalue weighted by atomic mass is 9.75. The molecule has 6 heteroatoms. The molecule has 0 aromatic rings. The summed E-state index contributed by atoms with van der Waals surface area (Å²) in [5, 5.41) is 9.63. The van der Waals surface area contributed by atoms with Crippen LogP contribution in [0.15, 0.2) is 0 Å². The molecular formula is C17H32N2O4. The zero-order valence-electron chi connectivity index (χ0n) is 15.4. The first-order chi connectivity index (χ1) is 10.4. The van der Waals surface area contributed by atoms with Gasteiger partial charge in [0.15, 0.2) is 0 Å². The molecule has 0 aromatic carbocycles. The van der Waals surface area contributed by atoms with Gasteiger partial charge in [0.2, 0.25) is 0 Å². The summed E-state index contributed by atoms with van der Waals surface area (Å²) in [7, 11) is 0. The maximum atomic E-state index is 12.8. The third-order valence-corrected chi connectivity index (χ3v) is 4.36. The smallest absolute Gasteiger partial charge is 0.410 e. The molecule has 0 saturated carbocycles. The maximum absolute atomic E-state index is 12.8. The normalized spacial score (nSPS) is 29.0. The number of carbonyl (C=O) groups excluding carboxylic acids is 1. The number of likely N-dealkylation sites (tertiary alicyclic amines) is 1. The van der Waals surface area contributed by atoms with E-state index in [4.69, 9.17) is 10.5 Å². The standard InChI is InChI=1S/C17H32N2O4/c1-9(2)12-8-11(18)13(15(20)21)14(10(3)4)19(12)16(22)23-17(5,6)7/h9-14H,8,18H2,1-7H3,(H,20,21)/t11?,12-,13?,14-/m0/s1. The van der Waals surface area contributed by atoms with E-state index in [1.165, 1.54) is 0 Å². The van der Waals surface area contributed by atoms with Gasteiger partial charge >= 0.3 is 12.1 Å². The molecule has 6 nitrogen and oxygen atoms in total. The monoisotopic (exact) mass is 328 g/mol. The van der Waals surface area contributed by atoms with Crippen molar-refractivity contribution in [1.29, 1.82) is 0 Å². The molecule has 1 fully saturated rings. The summed E-state index contributed by atoms with van der Waals surface area (Å²) >= 11 is 0. The molecule has 1 amide bonds. The number of carboxylic acid groups (broad SMARTS) is 1. The van der Waals surface area contributed by atoms with E-state index in [9.17, 15) is 14.7 Å². The molecule has 2 unspecified atom stereocenters.